The molecule has 0 saturated carbocycles. The van der Waals surface area contributed by atoms with Crippen molar-refractivity contribution in [2.45, 2.75) is 77.7 Å². The second kappa shape index (κ2) is 13.1. The van der Waals surface area contributed by atoms with Gasteiger partial charge in [-0.1, -0.05) is 0 Å². The van der Waals surface area contributed by atoms with Gasteiger partial charge in [-0.2, -0.15) is 0 Å². The first kappa shape index (κ1) is 31.1. The number of nitrogens with two attached hydrogens (primary N) is 1. The molecule has 5 N–H and O–H groups in total. The molecule has 0 aliphatic carbocycles. The standard InChI is InChI=1S/C20H33N3O10S/c1-19(2,3)32-17(30)23(9-14(25)26)15(27)12(10-34-18(31)33-20(4,5)6)22-13(24)8-7-11(21)16(28)29/h11-12H,7-10,21H2,1-6H3,(H,22,24)(H,25,26)(H,28,29). The fourth-order valence-corrected chi connectivity index (χ4v) is 2.99. The van der Waals surface area contributed by atoms with Crippen molar-refractivity contribution < 1.29 is 48.5 Å². The lowest BCUT2D eigenvalue weighted by molar-refractivity contribution is -0.145. The van der Waals surface area contributed by atoms with E-state index in [1.807, 2.05) is 0 Å². The molecule has 0 aliphatic heterocycles. The molecule has 0 spiro atoms. The van der Waals surface area contributed by atoms with Crippen molar-refractivity contribution >= 4 is 46.9 Å². The summed E-state index contributed by atoms with van der Waals surface area (Å²) >= 11 is 0.530. The van der Waals surface area contributed by atoms with E-state index < -0.39 is 70.7 Å². The number of imide groups is 1. The summed E-state index contributed by atoms with van der Waals surface area (Å²) in [7, 11) is 0. The molecule has 0 aromatic rings. The molecule has 0 aromatic heterocycles. The Bertz CT molecular complexity index is 788. The van der Waals surface area contributed by atoms with Gasteiger partial charge in [0, 0.05) is 12.2 Å². The monoisotopic (exact) mass is 507 g/mol. The first-order chi connectivity index (χ1) is 15.3. The average Bonchev–Trinajstić information content (AvgIpc) is 2.63. The fraction of sp³-hybridized carbons (Fsp3) is 0.700. The van der Waals surface area contributed by atoms with Crippen molar-refractivity contribution in [1.29, 1.82) is 0 Å². The first-order valence-electron chi connectivity index (χ1n) is 10.2. The highest BCUT2D eigenvalue weighted by molar-refractivity contribution is 8.13. The number of carbonyl (C=O) groups is 6. The molecule has 194 valence electrons. The zero-order chi connectivity index (χ0) is 26.9. The highest BCUT2D eigenvalue weighted by Crippen LogP contribution is 2.17. The van der Waals surface area contributed by atoms with Crippen LogP contribution >= 0.6 is 11.8 Å². The molecule has 2 unspecified atom stereocenters. The number of aliphatic carboxylic acids is 2. The summed E-state index contributed by atoms with van der Waals surface area (Å²) in [6, 6.07) is -2.85. The van der Waals surface area contributed by atoms with Crippen LogP contribution in [-0.2, 0) is 28.7 Å². The maximum atomic E-state index is 13.0. The van der Waals surface area contributed by atoms with Crippen molar-refractivity contribution in [2.24, 2.45) is 5.73 Å². The van der Waals surface area contributed by atoms with E-state index in [0.29, 0.717) is 16.7 Å². The molecular formula is C20H33N3O10S. The molecule has 14 heteroatoms. The van der Waals surface area contributed by atoms with Gasteiger partial charge in [-0.15, -0.1) is 0 Å². The number of nitrogens with zero attached hydrogens (tertiary/aromatic N) is 1. The zero-order valence-corrected chi connectivity index (χ0v) is 20.9. The van der Waals surface area contributed by atoms with Crippen molar-refractivity contribution in [2.75, 3.05) is 12.3 Å². The molecule has 0 aromatic carbocycles. The summed E-state index contributed by atoms with van der Waals surface area (Å²) < 4.78 is 10.2. The van der Waals surface area contributed by atoms with Gasteiger partial charge < -0.3 is 30.7 Å². The van der Waals surface area contributed by atoms with Crippen LogP contribution in [-0.4, -0.2) is 85.8 Å². The Morgan fingerprint density at radius 2 is 1.50 bits per heavy atom. The van der Waals surface area contributed by atoms with Crippen LogP contribution in [0, 0.1) is 0 Å². The largest absolute Gasteiger partial charge is 0.480 e. The molecule has 0 fully saturated rings. The predicted octanol–water partition coefficient (Wildman–Crippen LogP) is 1.18. The minimum Gasteiger partial charge on any atom is -0.480 e. The van der Waals surface area contributed by atoms with Crippen LogP contribution in [0.5, 0.6) is 0 Å². The number of nitrogens with one attached hydrogen (secondary N) is 1. The molecule has 0 bridgehead atoms. The van der Waals surface area contributed by atoms with E-state index in [4.69, 9.17) is 25.4 Å². The van der Waals surface area contributed by atoms with Gasteiger partial charge in [0.1, 0.15) is 29.8 Å². The number of ether oxygens (including phenoxy) is 2. The quantitative estimate of drug-likeness (QED) is 0.308. The number of carboxylic acids is 2. The summed E-state index contributed by atoms with van der Waals surface area (Å²) in [5.41, 5.74) is 3.49. The molecule has 0 heterocycles. The number of carboxylic acid groups (broad SMARTS) is 2. The number of hydrogen-bond donors (Lipinski definition) is 4. The number of rotatable bonds is 10. The van der Waals surface area contributed by atoms with Crippen LogP contribution in [0.25, 0.3) is 0 Å². The van der Waals surface area contributed by atoms with Crippen molar-refractivity contribution in [1.82, 2.24) is 10.2 Å². The third-order valence-corrected chi connectivity index (χ3v) is 4.38. The summed E-state index contributed by atoms with van der Waals surface area (Å²) in [5.74, 6) is -5.17. The molecule has 0 aliphatic rings. The van der Waals surface area contributed by atoms with E-state index >= 15 is 0 Å². The molecular weight excluding hydrogens is 474 g/mol. The maximum Gasteiger partial charge on any atom is 0.417 e. The molecule has 0 radical (unpaired) electrons. The number of hydrogen-bond acceptors (Lipinski definition) is 10. The molecule has 2 atom stereocenters. The normalized spacial score (nSPS) is 13.3. The van der Waals surface area contributed by atoms with Gasteiger partial charge in [-0.25, -0.2) is 14.5 Å². The van der Waals surface area contributed by atoms with E-state index in [1.165, 1.54) is 20.8 Å². The smallest absolute Gasteiger partial charge is 0.417 e. The van der Waals surface area contributed by atoms with Gasteiger partial charge in [0.15, 0.2) is 0 Å². The second-order valence-electron chi connectivity index (χ2n) is 9.18. The Morgan fingerprint density at radius 1 is 0.971 bits per heavy atom. The van der Waals surface area contributed by atoms with Gasteiger partial charge in [0.25, 0.3) is 5.91 Å². The Morgan fingerprint density at radius 3 is 1.94 bits per heavy atom. The van der Waals surface area contributed by atoms with Gasteiger partial charge in [0.05, 0.1) is 0 Å². The van der Waals surface area contributed by atoms with Gasteiger partial charge in [-0.3, -0.25) is 19.2 Å². The Hall–Kier alpha value is -2.87. The maximum absolute atomic E-state index is 13.0. The van der Waals surface area contributed by atoms with Crippen LogP contribution in [0.1, 0.15) is 54.4 Å². The average molecular weight is 508 g/mol. The minimum atomic E-state index is -1.53. The molecule has 13 nitrogen and oxygen atoms in total. The Labute approximate surface area is 201 Å². The van der Waals surface area contributed by atoms with Gasteiger partial charge in [-0.05, 0) is 59.7 Å². The van der Waals surface area contributed by atoms with Crippen LogP contribution in [0.4, 0.5) is 9.59 Å². The van der Waals surface area contributed by atoms with Crippen molar-refractivity contribution in [3.8, 4) is 0 Å². The predicted molar refractivity (Wildman–Crippen MR) is 121 cm³/mol. The van der Waals surface area contributed by atoms with Crippen LogP contribution in [0.3, 0.4) is 0 Å². The van der Waals surface area contributed by atoms with E-state index in [9.17, 15) is 28.8 Å². The lowest BCUT2D eigenvalue weighted by Gasteiger charge is -2.28. The molecule has 34 heavy (non-hydrogen) atoms. The zero-order valence-electron chi connectivity index (χ0n) is 20.1. The second-order valence-corrected chi connectivity index (χ2v) is 10.1. The lowest BCUT2D eigenvalue weighted by atomic mass is 10.1. The SMILES string of the molecule is CC(C)(C)OC(=O)SCC(NC(=O)CCC(N)C(=O)O)C(=O)N(CC(=O)O)C(=O)OC(C)(C)C. The number of thioether (sulfide) groups is 1. The summed E-state index contributed by atoms with van der Waals surface area (Å²) in [4.78, 5) is 72.3. The van der Waals surface area contributed by atoms with Crippen LogP contribution in [0.2, 0.25) is 0 Å². The van der Waals surface area contributed by atoms with Crippen LogP contribution < -0.4 is 11.1 Å². The third-order valence-electron chi connectivity index (χ3n) is 3.56. The fourth-order valence-electron chi connectivity index (χ4n) is 2.15. The van der Waals surface area contributed by atoms with Crippen molar-refractivity contribution in [3.63, 3.8) is 0 Å². The minimum absolute atomic E-state index is 0.244. The summed E-state index contributed by atoms with van der Waals surface area (Å²) in [5, 5.41) is 19.5. The molecule has 0 saturated heterocycles. The lowest BCUT2D eigenvalue weighted by Crippen LogP contribution is -2.54. The number of amides is 3. The van der Waals surface area contributed by atoms with Gasteiger partial charge >= 0.3 is 23.3 Å². The third kappa shape index (κ3) is 13.6. The number of carbonyl (C=O) groups excluding carboxylic acids is 4. The summed E-state index contributed by atoms with van der Waals surface area (Å²) in [6.07, 6.45) is -1.87. The van der Waals surface area contributed by atoms with Crippen LogP contribution in [0.15, 0.2) is 0 Å². The van der Waals surface area contributed by atoms with Gasteiger partial charge in [0.2, 0.25) is 5.91 Å². The van der Waals surface area contributed by atoms with E-state index in [0.717, 1.165) is 0 Å². The van der Waals surface area contributed by atoms with E-state index in [-0.39, 0.29) is 12.8 Å². The van der Waals surface area contributed by atoms with E-state index in [2.05, 4.69) is 5.32 Å². The topological polar surface area (TPSA) is 203 Å². The molecule has 0 rings (SSSR count). The first-order valence-corrected chi connectivity index (χ1v) is 11.2. The Balaban J connectivity index is 5.69. The highest BCUT2D eigenvalue weighted by Gasteiger charge is 2.35. The summed E-state index contributed by atoms with van der Waals surface area (Å²) in [6.45, 7) is 8.35. The highest BCUT2D eigenvalue weighted by atomic mass is 32.2. The Kier molecular flexibility index (Phi) is 12.0. The molecule has 3 amide bonds. The van der Waals surface area contributed by atoms with E-state index in [1.54, 1.807) is 20.8 Å². The van der Waals surface area contributed by atoms with Crippen molar-refractivity contribution in [3.05, 3.63) is 0 Å².